The number of thiophene rings is 1. The van der Waals surface area contributed by atoms with Crippen LogP contribution in [0.1, 0.15) is 21.4 Å². The van der Waals surface area contributed by atoms with Crippen LogP contribution in [-0.2, 0) is 11.3 Å². The van der Waals surface area contributed by atoms with Crippen LogP contribution in [0.5, 0.6) is 0 Å². The number of hydrogen-bond acceptors (Lipinski definition) is 3. The van der Waals surface area contributed by atoms with Crippen LogP contribution in [0, 0.1) is 18.6 Å². The molecule has 2 heterocycles. The summed E-state index contributed by atoms with van der Waals surface area (Å²) < 4.78 is 26.8. The predicted octanol–water partition coefficient (Wildman–Crippen LogP) is 4.11. The Bertz CT molecular complexity index is 686. The van der Waals surface area contributed by atoms with E-state index < -0.39 is 11.6 Å². The fourth-order valence-electron chi connectivity index (χ4n) is 2.31. The largest absolute Gasteiger partial charge is 0.321 e. The van der Waals surface area contributed by atoms with Crippen LogP contribution in [0.25, 0.3) is 0 Å². The zero-order valence-corrected chi connectivity index (χ0v) is 12.9. The molecule has 0 aliphatic carbocycles. The van der Waals surface area contributed by atoms with Crippen LogP contribution in [0.2, 0.25) is 0 Å². The second-order valence-electron chi connectivity index (χ2n) is 4.89. The molecule has 3 rings (SSSR count). The highest BCUT2D eigenvalue weighted by Crippen LogP contribution is 2.43. The first kappa shape index (κ1) is 14.5. The van der Waals surface area contributed by atoms with Gasteiger partial charge in [0.2, 0.25) is 5.91 Å². The minimum Gasteiger partial charge on any atom is -0.321 e. The zero-order valence-electron chi connectivity index (χ0n) is 11.3. The highest BCUT2D eigenvalue weighted by atomic mass is 32.2. The van der Waals surface area contributed by atoms with Gasteiger partial charge in [0.25, 0.3) is 0 Å². The van der Waals surface area contributed by atoms with Crippen molar-refractivity contribution in [3.05, 3.63) is 57.3 Å². The van der Waals surface area contributed by atoms with Crippen LogP contribution in [0.4, 0.5) is 8.78 Å². The Morgan fingerprint density at radius 3 is 2.81 bits per heavy atom. The molecule has 0 bridgehead atoms. The van der Waals surface area contributed by atoms with Crippen molar-refractivity contribution in [1.29, 1.82) is 0 Å². The summed E-state index contributed by atoms with van der Waals surface area (Å²) in [6.07, 6.45) is 0. The number of benzene rings is 1. The van der Waals surface area contributed by atoms with Gasteiger partial charge in [-0.15, -0.1) is 23.1 Å². The minimum atomic E-state index is -0.610. The Hall–Kier alpha value is -1.40. The third-order valence-corrected chi connectivity index (χ3v) is 5.89. The van der Waals surface area contributed by atoms with E-state index in [1.54, 1.807) is 28.0 Å². The lowest BCUT2D eigenvalue weighted by Gasteiger charge is -2.24. The first-order chi connectivity index (χ1) is 10.1. The number of aryl methyl sites for hydroxylation is 1. The van der Waals surface area contributed by atoms with Crippen molar-refractivity contribution < 1.29 is 13.6 Å². The third kappa shape index (κ3) is 2.82. The van der Waals surface area contributed by atoms with Gasteiger partial charge < -0.3 is 4.90 Å². The molecule has 6 heteroatoms. The molecule has 1 unspecified atom stereocenters. The molecule has 2 aromatic rings. The second kappa shape index (κ2) is 5.77. The summed E-state index contributed by atoms with van der Waals surface area (Å²) in [7, 11) is 0. The van der Waals surface area contributed by atoms with Gasteiger partial charge in [0.05, 0.1) is 12.3 Å². The van der Waals surface area contributed by atoms with Gasteiger partial charge in [-0.05, 0) is 30.0 Å². The Kier molecular flexibility index (Phi) is 3.99. The van der Waals surface area contributed by atoms with Crippen LogP contribution in [-0.4, -0.2) is 16.6 Å². The smallest absolute Gasteiger partial charge is 0.234 e. The van der Waals surface area contributed by atoms with Gasteiger partial charge in [-0.2, -0.15) is 0 Å². The molecule has 1 atom stereocenters. The monoisotopic (exact) mass is 325 g/mol. The molecule has 2 nitrogen and oxygen atoms in total. The molecule has 1 aliphatic rings. The van der Waals surface area contributed by atoms with E-state index in [9.17, 15) is 13.6 Å². The molecule has 1 amide bonds. The standard InChI is InChI=1S/C15H13F2NOS2/c1-9-4-5-20-14(9)15-18(13(19)8-21-15)7-10-2-3-11(16)6-12(10)17/h2-6,15H,7-8H2,1H3. The van der Waals surface area contributed by atoms with Gasteiger partial charge in [0, 0.05) is 16.5 Å². The summed E-state index contributed by atoms with van der Waals surface area (Å²) in [5.74, 6) is -0.836. The number of carbonyl (C=O) groups excluding carboxylic acids is 1. The van der Waals surface area contributed by atoms with Gasteiger partial charge in [0.15, 0.2) is 0 Å². The highest BCUT2D eigenvalue weighted by molar-refractivity contribution is 8.00. The van der Waals surface area contributed by atoms with Crippen molar-refractivity contribution in [2.45, 2.75) is 18.8 Å². The molecule has 110 valence electrons. The van der Waals surface area contributed by atoms with Crippen LogP contribution < -0.4 is 0 Å². The van der Waals surface area contributed by atoms with E-state index in [2.05, 4.69) is 0 Å². The van der Waals surface area contributed by atoms with Crippen LogP contribution in [0.15, 0.2) is 29.6 Å². The van der Waals surface area contributed by atoms with E-state index in [0.717, 1.165) is 16.5 Å². The number of nitrogens with zero attached hydrogens (tertiary/aromatic N) is 1. The zero-order chi connectivity index (χ0) is 15.0. The molecule has 21 heavy (non-hydrogen) atoms. The van der Waals surface area contributed by atoms with Gasteiger partial charge in [-0.25, -0.2) is 8.78 Å². The van der Waals surface area contributed by atoms with E-state index in [1.807, 2.05) is 18.4 Å². The van der Waals surface area contributed by atoms with Crippen LogP contribution in [0.3, 0.4) is 0 Å². The first-order valence-corrected chi connectivity index (χ1v) is 8.38. The highest BCUT2D eigenvalue weighted by Gasteiger charge is 2.34. The molecule has 0 saturated carbocycles. The summed E-state index contributed by atoms with van der Waals surface area (Å²) in [5.41, 5.74) is 1.48. The summed E-state index contributed by atoms with van der Waals surface area (Å²) >= 11 is 3.15. The predicted molar refractivity (Wildman–Crippen MR) is 81.2 cm³/mol. The van der Waals surface area contributed by atoms with Gasteiger partial charge in [-0.3, -0.25) is 4.79 Å². The van der Waals surface area contributed by atoms with Crippen molar-refractivity contribution in [1.82, 2.24) is 4.90 Å². The number of rotatable bonds is 3. The maximum atomic E-state index is 13.8. The van der Waals surface area contributed by atoms with E-state index >= 15 is 0 Å². The molecule has 0 radical (unpaired) electrons. The molecule has 1 fully saturated rings. The van der Waals surface area contributed by atoms with Gasteiger partial charge >= 0.3 is 0 Å². The van der Waals surface area contributed by atoms with Crippen molar-refractivity contribution in [3.8, 4) is 0 Å². The lowest BCUT2D eigenvalue weighted by Crippen LogP contribution is -2.28. The first-order valence-electron chi connectivity index (χ1n) is 6.45. The summed E-state index contributed by atoms with van der Waals surface area (Å²) in [6.45, 7) is 2.17. The fraction of sp³-hybridized carbons (Fsp3) is 0.267. The summed E-state index contributed by atoms with van der Waals surface area (Å²) in [5, 5.41) is 1.91. The Morgan fingerprint density at radius 1 is 1.33 bits per heavy atom. The minimum absolute atomic E-state index is 0.0125. The fourth-order valence-corrected chi connectivity index (χ4v) is 4.78. The average Bonchev–Trinajstić information content (AvgIpc) is 3.00. The topological polar surface area (TPSA) is 20.3 Å². The number of thioether (sulfide) groups is 1. The van der Waals surface area contributed by atoms with Crippen molar-refractivity contribution in [2.75, 3.05) is 5.75 Å². The molecule has 1 aliphatic heterocycles. The second-order valence-corrected chi connectivity index (χ2v) is 6.90. The normalized spacial score (nSPS) is 18.5. The van der Waals surface area contributed by atoms with Crippen molar-refractivity contribution >= 4 is 29.0 Å². The van der Waals surface area contributed by atoms with E-state index in [0.29, 0.717) is 11.3 Å². The average molecular weight is 325 g/mol. The quantitative estimate of drug-likeness (QED) is 0.846. The molecule has 0 spiro atoms. The Labute approximate surface area is 129 Å². The number of halogens is 2. The molecule has 1 aromatic heterocycles. The lowest BCUT2D eigenvalue weighted by molar-refractivity contribution is -0.128. The number of amides is 1. The lowest BCUT2D eigenvalue weighted by atomic mass is 10.2. The van der Waals surface area contributed by atoms with Crippen LogP contribution >= 0.6 is 23.1 Å². The van der Waals surface area contributed by atoms with Crippen molar-refractivity contribution in [3.63, 3.8) is 0 Å². The molecular weight excluding hydrogens is 312 g/mol. The molecule has 0 N–H and O–H groups in total. The summed E-state index contributed by atoms with van der Waals surface area (Å²) in [6, 6.07) is 5.49. The molecular formula is C15H13F2NOS2. The summed E-state index contributed by atoms with van der Waals surface area (Å²) in [4.78, 5) is 14.9. The maximum absolute atomic E-state index is 13.8. The Morgan fingerprint density at radius 2 is 2.14 bits per heavy atom. The number of hydrogen-bond donors (Lipinski definition) is 0. The van der Waals surface area contributed by atoms with E-state index in [-0.39, 0.29) is 17.8 Å². The van der Waals surface area contributed by atoms with Crippen molar-refractivity contribution in [2.24, 2.45) is 0 Å². The molecule has 1 aromatic carbocycles. The van der Waals surface area contributed by atoms with Gasteiger partial charge in [0.1, 0.15) is 17.0 Å². The van der Waals surface area contributed by atoms with Gasteiger partial charge in [-0.1, -0.05) is 6.07 Å². The molecule has 1 saturated heterocycles. The number of carbonyl (C=O) groups is 1. The SMILES string of the molecule is Cc1ccsc1C1SCC(=O)N1Cc1ccc(F)cc1F. The third-order valence-electron chi connectivity index (χ3n) is 3.45. The van der Waals surface area contributed by atoms with E-state index in [1.165, 1.54) is 12.1 Å². The Balaban J connectivity index is 1.88. The maximum Gasteiger partial charge on any atom is 0.234 e. The van der Waals surface area contributed by atoms with E-state index in [4.69, 9.17) is 0 Å².